The Kier molecular flexibility index (Phi) is 4.90. The lowest BCUT2D eigenvalue weighted by Gasteiger charge is -2.16. The lowest BCUT2D eigenvalue weighted by Crippen LogP contribution is -2.18. The van der Waals surface area contributed by atoms with Crippen molar-refractivity contribution >= 4 is 5.65 Å². The van der Waals surface area contributed by atoms with Gasteiger partial charge in [-0.2, -0.15) is 0 Å². The summed E-state index contributed by atoms with van der Waals surface area (Å²) in [6.45, 7) is 2.98. The largest absolute Gasteiger partial charge is 0.496 e. The fourth-order valence-corrected chi connectivity index (χ4v) is 3.30. The SMILES string of the molecule is COc1ccc(CNC(C)c2ccccc2)cc1-c1ccc2nccn2c1. The standard InChI is InChI=1S/C23H23N3O/c1-17(19-6-4-3-5-7-19)25-15-18-8-10-22(27-2)21(14-18)20-9-11-23-24-12-13-26(23)16-20/h3-14,16-17,25H,15H2,1-2H3. The lowest BCUT2D eigenvalue weighted by atomic mass is 10.0. The second-order valence-corrected chi connectivity index (χ2v) is 6.66. The Morgan fingerprint density at radius 1 is 1.07 bits per heavy atom. The number of imidazole rings is 1. The Morgan fingerprint density at radius 2 is 1.93 bits per heavy atom. The maximum atomic E-state index is 5.60. The maximum Gasteiger partial charge on any atom is 0.136 e. The van der Waals surface area contributed by atoms with E-state index in [2.05, 4.69) is 65.9 Å². The van der Waals surface area contributed by atoms with Crippen molar-refractivity contribution in [1.82, 2.24) is 14.7 Å². The number of aromatic nitrogens is 2. The Labute approximate surface area is 159 Å². The molecule has 2 aromatic heterocycles. The van der Waals surface area contributed by atoms with E-state index in [-0.39, 0.29) is 0 Å². The molecular formula is C23H23N3O. The molecule has 1 atom stereocenters. The first-order valence-corrected chi connectivity index (χ1v) is 9.13. The van der Waals surface area contributed by atoms with Gasteiger partial charge < -0.3 is 14.5 Å². The van der Waals surface area contributed by atoms with Gasteiger partial charge in [-0.1, -0.05) is 36.4 Å². The second-order valence-electron chi connectivity index (χ2n) is 6.66. The first-order chi connectivity index (χ1) is 13.2. The molecule has 0 fully saturated rings. The van der Waals surface area contributed by atoms with E-state index < -0.39 is 0 Å². The second kappa shape index (κ2) is 7.64. The van der Waals surface area contributed by atoms with Crippen LogP contribution >= 0.6 is 0 Å². The van der Waals surface area contributed by atoms with E-state index in [1.165, 1.54) is 11.1 Å². The van der Waals surface area contributed by atoms with E-state index in [4.69, 9.17) is 4.74 Å². The zero-order chi connectivity index (χ0) is 18.6. The van der Waals surface area contributed by atoms with Gasteiger partial charge >= 0.3 is 0 Å². The number of rotatable bonds is 6. The van der Waals surface area contributed by atoms with E-state index in [1.807, 2.05) is 35.0 Å². The molecule has 136 valence electrons. The summed E-state index contributed by atoms with van der Waals surface area (Å²) in [6.07, 6.45) is 5.85. The first-order valence-electron chi connectivity index (χ1n) is 9.13. The van der Waals surface area contributed by atoms with Gasteiger partial charge in [-0.3, -0.25) is 0 Å². The number of nitrogens with zero attached hydrogens (tertiary/aromatic N) is 2. The van der Waals surface area contributed by atoms with Gasteiger partial charge in [0, 0.05) is 42.3 Å². The van der Waals surface area contributed by atoms with Gasteiger partial charge in [0.1, 0.15) is 11.4 Å². The van der Waals surface area contributed by atoms with Gasteiger partial charge in [-0.05, 0) is 42.3 Å². The molecule has 4 aromatic rings. The van der Waals surface area contributed by atoms with Crippen LogP contribution in [0.3, 0.4) is 0 Å². The van der Waals surface area contributed by atoms with Crippen molar-refractivity contribution in [3.8, 4) is 16.9 Å². The van der Waals surface area contributed by atoms with Crippen LogP contribution in [0.5, 0.6) is 5.75 Å². The summed E-state index contributed by atoms with van der Waals surface area (Å²) < 4.78 is 7.62. The number of methoxy groups -OCH3 is 1. The van der Waals surface area contributed by atoms with E-state index >= 15 is 0 Å². The molecule has 2 aromatic carbocycles. The molecule has 0 spiro atoms. The number of benzene rings is 2. The molecular weight excluding hydrogens is 334 g/mol. The molecule has 0 aliphatic heterocycles. The van der Waals surface area contributed by atoms with Crippen molar-refractivity contribution in [2.75, 3.05) is 7.11 Å². The number of fused-ring (bicyclic) bond motifs is 1. The molecule has 2 heterocycles. The van der Waals surface area contributed by atoms with Gasteiger partial charge in [0.25, 0.3) is 0 Å². The molecule has 4 heteroatoms. The summed E-state index contributed by atoms with van der Waals surface area (Å²) in [5.74, 6) is 0.870. The first kappa shape index (κ1) is 17.3. The summed E-state index contributed by atoms with van der Waals surface area (Å²) in [4.78, 5) is 4.31. The molecule has 4 nitrogen and oxygen atoms in total. The predicted octanol–water partition coefficient (Wildman–Crippen LogP) is 4.86. The van der Waals surface area contributed by atoms with Gasteiger partial charge in [0.2, 0.25) is 0 Å². The number of hydrogen-bond donors (Lipinski definition) is 1. The summed E-state index contributed by atoms with van der Waals surface area (Å²) in [6, 6.07) is 21.2. The minimum Gasteiger partial charge on any atom is -0.496 e. The van der Waals surface area contributed by atoms with Crippen LogP contribution in [0, 0.1) is 0 Å². The number of hydrogen-bond acceptors (Lipinski definition) is 3. The third kappa shape index (κ3) is 3.71. The van der Waals surface area contributed by atoms with Gasteiger partial charge in [0.15, 0.2) is 0 Å². The maximum absolute atomic E-state index is 5.60. The van der Waals surface area contributed by atoms with Crippen LogP contribution in [-0.4, -0.2) is 16.5 Å². The van der Waals surface area contributed by atoms with Crippen molar-refractivity contribution in [2.24, 2.45) is 0 Å². The lowest BCUT2D eigenvalue weighted by molar-refractivity contribution is 0.416. The molecule has 1 unspecified atom stereocenters. The average Bonchev–Trinajstić information content (AvgIpc) is 3.20. The quantitative estimate of drug-likeness (QED) is 0.535. The summed E-state index contributed by atoms with van der Waals surface area (Å²) in [5, 5.41) is 3.60. The molecule has 0 aliphatic rings. The Balaban J connectivity index is 1.59. The number of nitrogens with one attached hydrogen (secondary N) is 1. The van der Waals surface area contributed by atoms with Crippen molar-refractivity contribution in [1.29, 1.82) is 0 Å². The van der Waals surface area contributed by atoms with Crippen LogP contribution in [-0.2, 0) is 6.54 Å². The van der Waals surface area contributed by atoms with Gasteiger partial charge in [0.05, 0.1) is 7.11 Å². The highest BCUT2D eigenvalue weighted by atomic mass is 16.5. The molecule has 0 radical (unpaired) electrons. The monoisotopic (exact) mass is 357 g/mol. The minimum atomic E-state index is 0.291. The molecule has 0 amide bonds. The molecule has 0 bridgehead atoms. The molecule has 4 rings (SSSR count). The fraction of sp³-hybridized carbons (Fsp3) is 0.174. The Morgan fingerprint density at radius 3 is 2.74 bits per heavy atom. The van der Waals surface area contributed by atoms with Crippen LogP contribution in [0.15, 0.2) is 79.3 Å². The topological polar surface area (TPSA) is 38.6 Å². The smallest absolute Gasteiger partial charge is 0.136 e. The average molecular weight is 357 g/mol. The summed E-state index contributed by atoms with van der Waals surface area (Å²) in [5.41, 5.74) is 5.64. The van der Waals surface area contributed by atoms with E-state index in [0.717, 1.165) is 29.1 Å². The number of ether oxygens (including phenoxy) is 1. The minimum absolute atomic E-state index is 0.291. The zero-order valence-electron chi connectivity index (χ0n) is 15.6. The zero-order valence-corrected chi connectivity index (χ0v) is 15.6. The van der Waals surface area contributed by atoms with Crippen molar-refractivity contribution in [3.05, 3.63) is 90.4 Å². The molecule has 27 heavy (non-hydrogen) atoms. The van der Waals surface area contributed by atoms with Crippen molar-refractivity contribution < 1.29 is 4.74 Å². The number of pyridine rings is 1. The highest BCUT2D eigenvalue weighted by Gasteiger charge is 2.10. The van der Waals surface area contributed by atoms with Crippen LogP contribution in [0.2, 0.25) is 0 Å². The summed E-state index contributed by atoms with van der Waals surface area (Å²) >= 11 is 0. The Bertz CT molecular complexity index is 1040. The Hall–Kier alpha value is -3.11. The van der Waals surface area contributed by atoms with Gasteiger partial charge in [-0.15, -0.1) is 0 Å². The molecule has 1 N–H and O–H groups in total. The van der Waals surface area contributed by atoms with Gasteiger partial charge in [-0.25, -0.2) is 4.98 Å². The van der Waals surface area contributed by atoms with Crippen LogP contribution in [0.1, 0.15) is 24.1 Å². The van der Waals surface area contributed by atoms with Crippen LogP contribution in [0.25, 0.3) is 16.8 Å². The molecule has 0 saturated heterocycles. The third-order valence-electron chi connectivity index (χ3n) is 4.88. The molecule has 0 saturated carbocycles. The normalized spacial score (nSPS) is 12.2. The van der Waals surface area contributed by atoms with E-state index in [9.17, 15) is 0 Å². The predicted molar refractivity (Wildman–Crippen MR) is 109 cm³/mol. The van der Waals surface area contributed by atoms with Crippen LogP contribution in [0.4, 0.5) is 0 Å². The van der Waals surface area contributed by atoms with Crippen LogP contribution < -0.4 is 10.1 Å². The molecule has 0 aliphatic carbocycles. The van der Waals surface area contributed by atoms with Crippen molar-refractivity contribution in [2.45, 2.75) is 19.5 Å². The van der Waals surface area contributed by atoms with E-state index in [1.54, 1.807) is 7.11 Å². The summed E-state index contributed by atoms with van der Waals surface area (Å²) in [7, 11) is 1.71. The van der Waals surface area contributed by atoms with Crippen molar-refractivity contribution in [3.63, 3.8) is 0 Å². The highest BCUT2D eigenvalue weighted by Crippen LogP contribution is 2.31. The fourth-order valence-electron chi connectivity index (χ4n) is 3.30. The van der Waals surface area contributed by atoms with E-state index in [0.29, 0.717) is 6.04 Å². The highest BCUT2D eigenvalue weighted by molar-refractivity contribution is 5.71. The third-order valence-corrected chi connectivity index (χ3v) is 4.88.